The second-order valence-corrected chi connectivity index (χ2v) is 1.87. The van der Waals surface area contributed by atoms with Crippen molar-refractivity contribution < 1.29 is 0 Å². The highest BCUT2D eigenvalue weighted by molar-refractivity contribution is 5.12. The quantitative estimate of drug-likeness (QED) is 0.576. The maximum absolute atomic E-state index is 8.22. The summed E-state index contributed by atoms with van der Waals surface area (Å²) in [6.07, 6.45) is 6.36. The van der Waals surface area contributed by atoms with Crippen molar-refractivity contribution in [2.75, 3.05) is 0 Å². The molecule has 0 bridgehead atoms. The Kier molecular flexibility index (Phi) is 30.9. The lowest BCUT2D eigenvalue weighted by Gasteiger charge is -1.85. The van der Waals surface area contributed by atoms with Crippen molar-refractivity contribution in [2.45, 2.75) is 48.0 Å². The third-order valence-electron chi connectivity index (χ3n) is 0.931. The molecule has 0 saturated carbocycles. The van der Waals surface area contributed by atoms with Crippen molar-refractivity contribution in [1.82, 2.24) is 0 Å². The predicted molar refractivity (Wildman–Crippen MR) is 61.5 cm³/mol. The van der Waals surface area contributed by atoms with Gasteiger partial charge in [0.2, 0.25) is 0 Å². The van der Waals surface area contributed by atoms with Gasteiger partial charge in [-0.05, 0) is 13.8 Å². The van der Waals surface area contributed by atoms with Gasteiger partial charge >= 0.3 is 0 Å². The number of nitriles is 1. The van der Waals surface area contributed by atoms with Crippen LogP contribution in [-0.4, -0.2) is 0 Å². The number of nitrogens with zero attached hydrogens (tertiary/aromatic N) is 1. The van der Waals surface area contributed by atoms with Crippen molar-refractivity contribution in [3.63, 3.8) is 0 Å². The fourth-order valence-electron chi connectivity index (χ4n) is 0.444. The molecule has 0 aromatic carbocycles. The minimum absolute atomic E-state index is 0.532. The number of rotatable bonds is 2. The molecule has 0 fully saturated rings. The minimum Gasteiger partial charge on any atom is -0.198 e. The first-order valence-corrected chi connectivity index (χ1v) is 4.96. The van der Waals surface area contributed by atoms with Crippen molar-refractivity contribution in [3.8, 4) is 6.07 Å². The smallest absolute Gasteiger partial charge is 0.0666 e. The van der Waals surface area contributed by atoms with Crippen LogP contribution in [0.4, 0.5) is 0 Å². The van der Waals surface area contributed by atoms with Crippen LogP contribution < -0.4 is 0 Å². The standard InChI is InChI=1S/C8H11N.2C2H6/c1-3-4-5-8(2)6-7-9;2*1-2/h3-5H,6H2,1-2H3;2*1-2H3/b4-3-,8-5+;;. The largest absolute Gasteiger partial charge is 0.198 e. The number of allylic oxidation sites excluding steroid dienone is 4. The molecule has 1 nitrogen and oxygen atoms in total. The van der Waals surface area contributed by atoms with Crippen molar-refractivity contribution in [3.05, 3.63) is 23.8 Å². The molecule has 0 aliphatic carbocycles. The zero-order valence-electron chi connectivity index (χ0n) is 9.89. The first-order valence-electron chi connectivity index (χ1n) is 4.96. The Morgan fingerprint density at radius 1 is 1.23 bits per heavy atom. The van der Waals surface area contributed by atoms with Crippen LogP contribution in [0.1, 0.15) is 48.0 Å². The van der Waals surface area contributed by atoms with Gasteiger partial charge in [0.05, 0.1) is 12.5 Å². The van der Waals surface area contributed by atoms with Crippen molar-refractivity contribution in [1.29, 1.82) is 5.26 Å². The lowest BCUT2D eigenvalue weighted by molar-refractivity contribution is 1.21. The molecule has 0 radical (unpaired) electrons. The molecular weight excluding hydrogens is 158 g/mol. The highest BCUT2D eigenvalue weighted by Crippen LogP contribution is 1.96. The summed E-state index contributed by atoms with van der Waals surface area (Å²) in [5.41, 5.74) is 1.11. The molecule has 0 aliphatic rings. The molecule has 0 spiro atoms. The van der Waals surface area contributed by atoms with E-state index in [4.69, 9.17) is 5.26 Å². The van der Waals surface area contributed by atoms with E-state index in [1.165, 1.54) is 0 Å². The van der Waals surface area contributed by atoms with E-state index in [2.05, 4.69) is 6.07 Å². The summed E-state index contributed by atoms with van der Waals surface area (Å²) in [4.78, 5) is 0. The molecule has 76 valence electrons. The lowest BCUT2D eigenvalue weighted by atomic mass is 10.2. The maximum Gasteiger partial charge on any atom is 0.0666 e. The highest BCUT2D eigenvalue weighted by atomic mass is 14.2. The summed E-state index contributed by atoms with van der Waals surface area (Å²) < 4.78 is 0. The van der Waals surface area contributed by atoms with E-state index in [1.807, 2.05) is 59.8 Å². The van der Waals surface area contributed by atoms with E-state index in [9.17, 15) is 0 Å². The van der Waals surface area contributed by atoms with Gasteiger partial charge in [-0.2, -0.15) is 5.26 Å². The molecule has 0 heterocycles. The minimum atomic E-state index is 0.532. The van der Waals surface area contributed by atoms with Gasteiger partial charge in [-0.15, -0.1) is 0 Å². The number of hydrogen-bond donors (Lipinski definition) is 0. The zero-order valence-corrected chi connectivity index (χ0v) is 9.89. The predicted octanol–water partition coefficient (Wildman–Crippen LogP) is 4.47. The summed E-state index contributed by atoms with van der Waals surface area (Å²) in [5, 5.41) is 8.22. The Labute approximate surface area is 83.8 Å². The van der Waals surface area contributed by atoms with Gasteiger partial charge in [0.25, 0.3) is 0 Å². The Bertz CT molecular complexity index is 158. The summed E-state index contributed by atoms with van der Waals surface area (Å²) in [7, 11) is 0. The van der Waals surface area contributed by atoms with E-state index in [1.54, 1.807) is 0 Å². The summed E-state index contributed by atoms with van der Waals surface area (Å²) in [6.45, 7) is 11.9. The first kappa shape index (κ1) is 17.9. The van der Waals surface area contributed by atoms with Crippen LogP contribution in [0, 0.1) is 11.3 Å². The van der Waals surface area contributed by atoms with Gasteiger partial charge in [-0.1, -0.05) is 51.5 Å². The molecular formula is C12H23N. The highest BCUT2D eigenvalue weighted by Gasteiger charge is 1.81. The summed E-state index contributed by atoms with van der Waals surface area (Å²) in [5.74, 6) is 0. The number of hydrogen-bond acceptors (Lipinski definition) is 1. The molecule has 0 rings (SSSR count). The molecule has 0 aromatic rings. The van der Waals surface area contributed by atoms with E-state index in [0.717, 1.165) is 5.57 Å². The van der Waals surface area contributed by atoms with Crippen LogP contribution in [0.5, 0.6) is 0 Å². The van der Waals surface area contributed by atoms with Gasteiger partial charge < -0.3 is 0 Å². The normalized spacial score (nSPS) is 9.15. The van der Waals surface area contributed by atoms with Gasteiger partial charge in [0.1, 0.15) is 0 Å². The molecule has 13 heavy (non-hydrogen) atoms. The van der Waals surface area contributed by atoms with Crippen LogP contribution in [0.3, 0.4) is 0 Å². The Hall–Kier alpha value is -1.03. The third kappa shape index (κ3) is 24.8. The summed E-state index contributed by atoms with van der Waals surface area (Å²) >= 11 is 0. The van der Waals surface area contributed by atoms with Crippen LogP contribution in [0.25, 0.3) is 0 Å². The second kappa shape index (κ2) is 22.4. The van der Waals surface area contributed by atoms with Gasteiger partial charge in [-0.25, -0.2) is 0 Å². The Morgan fingerprint density at radius 3 is 2.00 bits per heavy atom. The van der Waals surface area contributed by atoms with E-state index in [0.29, 0.717) is 6.42 Å². The van der Waals surface area contributed by atoms with Crippen LogP contribution in [0.15, 0.2) is 23.8 Å². The molecule has 0 N–H and O–H groups in total. The summed E-state index contributed by atoms with van der Waals surface area (Å²) in [6, 6.07) is 2.07. The van der Waals surface area contributed by atoms with Gasteiger partial charge in [-0.3, -0.25) is 0 Å². The average Bonchev–Trinajstić information content (AvgIpc) is 2.21. The van der Waals surface area contributed by atoms with E-state index < -0.39 is 0 Å². The monoisotopic (exact) mass is 181 g/mol. The fraction of sp³-hybridized carbons (Fsp3) is 0.583. The average molecular weight is 181 g/mol. The van der Waals surface area contributed by atoms with Crippen molar-refractivity contribution >= 4 is 0 Å². The second-order valence-electron chi connectivity index (χ2n) is 1.87. The molecule has 0 aromatic heterocycles. The molecule has 1 heteroatoms. The zero-order chi connectivity index (χ0) is 11.1. The first-order chi connectivity index (χ1) is 6.31. The van der Waals surface area contributed by atoms with Crippen LogP contribution in [-0.2, 0) is 0 Å². The van der Waals surface area contributed by atoms with Crippen LogP contribution >= 0.6 is 0 Å². The third-order valence-corrected chi connectivity index (χ3v) is 0.931. The molecule has 0 unspecified atom stereocenters. The molecule has 0 amide bonds. The Morgan fingerprint density at radius 2 is 1.69 bits per heavy atom. The molecule has 0 saturated heterocycles. The topological polar surface area (TPSA) is 23.8 Å². The molecule has 0 aliphatic heterocycles. The SMILES string of the molecule is C/C=C\C=C(/C)CC#N.CC.CC. The molecule has 0 atom stereocenters. The van der Waals surface area contributed by atoms with Gasteiger partial charge in [0, 0.05) is 0 Å². The van der Waals surface area contributed by atoms with E-state index >= 15 is 0 Å². The van der Waals surface area contributed by atoms with Crippen LogP contribution in [0.2, 0.25) is 0 Å². The fourth-order valence-corrected chi connectivity index (χ4v) is 0.444. The van der Waals surface area contributed by atoms with E-state index in [-0.39, 0.29) is 0 Å². The maximum atomic E-state index is 8.22. The Balaban J connectivity index is -0.000000218. The lowest BCUT2D eigenvalue weighted by Crippen LogP contribution is -1.69. The van der Waals surface area contributed by atoms with Gasteiger partial charge in [0.15, 0.2) is 0 Å². The van der Waals surface area contributed by atoms with Crippen molar-refractivity contribution in [2.24, 2.45) is 0 Å².